The van der Waals surface area contributed by atoms with Crippen LogP contribution >= 0.6 is 0 Å². The maximum absolute atomic E-state index is 13.1. The zero-order chi connectivity index (χ0) is 46.4. The molecule has 0 atom stereocenters. The highest BCUT2D eigenvalue weighted by molar-refractivity contribution is 6.10. The fraction of sp³-hybridized carbons (Fsp3) is 0.231. The lowest BCUT2D eigenvalue weighted by molar-refractivity contribution is 0.103. The van der Waals surface area contributed by atoms with Crippen LogP contribution in [-0.2, 0) is 0 Å². The van der Waals surface area contributed by atoms with Crippen LogP contribution in [-0.4, -0.2) is 38.0 Å². The van der Waals surface area contributed by atoms with Gasteiger partial charge in [0.2, 0.25) is 0 Å². The molecule has 338 valence electrons. The molecule has 0 unspecified atom stereocenters. The number of carbonyl (C=O) groups is 2. The van der Waals surface area contributed by atoms with Crippen molar-refractivity contribution in [3.63, 3.8) is 0 Å². The van der Waals surface area contributed by atoms with Crippen molar-refractivity contribution in [2.75, 3.05) is 26.4 Å². The summed E-state index contributed by atoms with van der Waals surface area (Å²) in [5.41, 5.74) is -1.71. The smallest absolute Gasteiger partial charge is 0.350 e. The van der Waals surface area contributed by atoms with E-state index in [4.69, 9.17) is 27.8 Å². The number of hydrogen-bond acceptors (Lipinski definition) is 12. The second-order valence-electron chi connectivity index (χ2n) is 15.3. The molecule has 2 heterocycles. The number of unbranched alkanes of at least 4 members (excludes halogenated alkanes) is 6. The highest BCUT2D eigenvalue weighted by Crippen LogP contribution is 2.38. The van der Waals surface area contributed by atoms with E-state index in [0.29, 0.717) is 61.5 Å². The van der Waals surface area contributed by atoms with Crippen LogP contribution < -0.4 is 41.4 Å². The second kappa shape index (κ2) is 22.2. The van der Waals surface area contributed by atoms with E-state index in [-0.39, 0.29) is 57.8 Å². The second-order valence-corrected chi connectivity index (χ2v) is 15.3. The molecule has 66 heavy (non-hydrogen) atoms. The Labute approximate surface area is 376 Å². The maximum Gasteiger partial charge on any atom is 0.350 e. The van der Waals surface area contributed by atoms with E-state index >= 15 is 0 Å². The first-order valence-corrected chi connectivity index (χ1v) is 21.5. The number of allylic oxidation sites excluding steroid dienone is 2. The molecule has 0 N–H and O–H groups in total. The van der Waals surface area contributed by atoms with Crippen LogP contribution in [0.4, 0.5) is 8.78 Å². The van der Waals surface area contributed by atoms with Crippen molar-refractivity contribution in [3.8, 4) is 23.0 Å². The molecule has 2 aromatic heterocycles. The van der Waals surface area contributed by atoms with Gasteiger partial charge in [-0.1, -0.05) is 36.4 Å². The van der Waals surface area contributed by atoms with Gasteiger partial charge in [0.1, 0.15) is 56.2 Å². The van der Waals surface area contributed by atoms with Crippen LogP contribution in [0.5, 0.6) is 23.0 Å². The third-order valence-electron chi connectivity index (χ3n) is 10.6. The number of rotatable bonds is 24. The third kappa shape index (κ3) is 11.9. The highest BCUT2D eigenvalue weighted by Gasteiger charge is 2.30. The number of furan rings is 2. The summed E-state index contributed by atoms with van der Waals surface area (Å²) in [7, 11) is 0. The van der Waals surface area contributed by atoms with Crippen molar-refractivity contribution in [2.24, 2.45) is 0 Å². The Bertz CT molecular complexity index is 2760. The molecule has 7 aromatic rings. The minimum Gasteiger partial charge on any atom is -0.494 e. The van der Waals surface area contributed by atoms with E-state index in [1.165, 1.54) is 60.7 Å². The fourth-order valence-corrected chi connectivity index (χ4v) is 7.10. The Morgan fingerprint density at radius 1 is 0.409 bits per heavy atom. The normalized spacial score (nSPS) is 11.5. The van der Waals surface area contributed by atoms with Gasteiger partial charge in [-0.25, -0.2) is 28.0 Å². The summed E-state index contributed by atoms with van der Waals surface area (Å²) >= 11 is 0. The zero-order valence-electron chi connectivity index (χ0n) is 35.7. The molecule has 0 saturated carbocycles. The molecule has 0 saturated heterocycles. The summed E-state index contributed by atoms with van der Waals surface area (Å²) in [6, 6.07) is 25.1. The van der Waals surface area contributed by atoms with Crippen molar-refractivity contribution < 1.29 is 46.2 Å². The van der Waals surface area contributed by atoms with Gasteiger partial charge in [0.25, 0.3) is 0 Å². The Morgan fingerprint density at radius 2 is 0.712 bits per heavy atom. The van der Waals surface area contributed by atoms with Crippen molar-refractivity contribution in [3.05, 3.63) is 185 Å². The van der Waals surface area contributed by atoms with Gasteiger partial charge in [-0.3, -0.25) is 9.59 Å². The van der Waals surface area contributed by atoms with E-state index in [2.05, 4.69) is 0 Å². The van der Waals surface area contributed by atoms with Gasteiger partial charge in [-0.2, -0.15) is 0 Å². The molecule has 0 amide bonds. The molecule has 0 aliphatic carbocycles. The van der Waals surface area contributed by atoms with Crippen LogP contribution in [0.2, 0.25) is 0 Å². The predicted molar refractivity (Wildman–Crippen MR) is 245 cm³/mol. The summed E-state index contributed by atoms with van der Waals surface area (Å²) in [5, 5.41) is -1.13. The Balaban J connectivity index is 0.833. The van der Waals surface area contributed by atoms with Crippen LogP contribution in [0.25, 0.3) is 33.7 Å². The average Bonchev–Trinajstić information content (AvgIpc) is 3.80. The molecule has 14 heteroatoms. The number of fused-ring (bicyclic) bond motifs is 2. The summed E-state index contributed by atoms with van der Waals surface area (Å²) in [6.45, 7) is 1.02. The van der Waals surface area contributed by atoms with Crippen LogP contribution in [0, 0.1) is 11.6 Å². The number of ether oxygens (including phenoxy) is 4. The summed E-state index contributed by atoms with van der Waals surface area (Å²) in [5.74, 6) is -0.463. The largest absolute Gasteiger partial charge is 0.494 e. The number of halogens is 2. The van der Waals surface area contributed by atoms with E-state index in [1.807, 2.05) is 24.3 Å². The summed E-state index contributed by atoms with van der Waals surface area (Å²) in [6.07, 6.45) is 11.6. The minimum atomic E-state index is -1.02. The number of carbonyl (C=O) groups excluding carboxylic acids is 2. The molecule has 0 aliphatic rings. The monoisotopic (exact) mass is 898 g/mol. The first kappa shape index (κ1) is 46.3. The van der Waals surface area contributed by atoms with Crippen molar-refractivity contribution in [1.29, 1.82) is 0 Å². The minimum absolute atomic E-state index is 0.0656. The molecule has 0 radical (unpaired) electrons. The first-order valence-electron chi connectivity index (χ1n) is 21.5. The molecule has 0 spiro atoms. The molecule has 7 rings (SSSR count). The number of hydrogen-bond donors (Lipinski definition) is 0. The van der Waals surface area contributed by atoms with Gasteiger partial charge in [0, 0.05) is 11.1 Å². The third-order valence-corrected chi connectivity index (χ3v) is 10.6. The van der Waals surface area contributed by atoms with Crippen molar-refractivity contribution >= 4 is 45.3 Å². The molecule has 0 bridgehead atoms. The summed E-state index contributed by atoms with van der Waals surface area (Å²) < 4.78 is 59.6. The lowest BCUT2D eigenvalue weighted by atomic mass is 10.1. The van der Waals surface area contributed by atoms with Crippen LogP contribution in [0.1, 0.15) is 83.2 Å². The molecular formula is C52H44F2O12. The molecule has 0 fully saturated rings. The first-order chi connectivity index (χ1) is 32.0. The number of benzene rings is 5. The van der Waals surface area contributed by atoms with Crippen LogP contribution in [0.15, 0.2) is 137 Å². The topological polar surface area (TPSA) is 166 Å². The van der Waals surface area contributed by atoms with Gasteiger partial charge in [-0.15, -0.1) is 0 Å². The quantitative estimate of drug-likeness (QED) is 0.0321. The maximum atomic E-state index is 13.1. The van der Waals surface area contributed by atoms with Crippen molar-refractivity contribution in [1.82, 2.24) is 0 Å². The van der Waals surface area contributed by atoms with E-state index in [1.54, 1.807) is 36.4 Å². The van der Waals surface area contributed by atoms with Gasteiger partial charge in [0.05, 0.1) is 26.4 Å². The molecule has 0 aliphatic heterocycles. The van der Waals surface area contributed by atoms with E-state index in [9.17, 15) is 37.5 Å². The van der Waals surface area contributed by atoms with E-state index < -0.39 is 34.1 Å². The number of ketones is 2. The Hall–Kier alpha value is -7.74. The predicted octanol–water partition coefficient (Wildman–Crippen LogP) is 9.60. The Kier molecular flexibility index (Phi) is 15.6. The molecule has 5 aromatic carbocycles. The van der Waals surface area contributed by atoms with Gasteiger partial charge in [0.15, 0.2) is 11.6 Å². The standard InChI is InChI=1S/C52H44F2O12/c53-37-19-15-35(16-20-37)41(55)27-13-33-9-23-39(24-10-33)61-29-5-1-3-7-31-63-47-43-45(51(59)65-49(43)57)48(46-44(47)50(58)66-52(46)60)64-32-8-4-2-6-30-62-40-25-11-34(12-26-40)14-28-42(56)36-17-21-38(54)22-18-36/h9-28H,1-8,29-32H2. The average molecular weight is 899 g/mol. The van der Waals surface area contributed by atoms with Gasteiger partial charge >= 0.3 is 22.5 Å². The van der Waals surface area contributed by atoms with Gasteiger partial charge < -0.3 is 27.8 Å². The lowest BCUT2D eigenvalue weighted by Crippen LogP contribution is -2.08. The lowest BCUT2D eigenvalue weighted by Gasteiger charge is -2.12. The van der Waals surface area contributed by atoms with Crippen LogP contribution in [0.3, 0.4) is 0 Å². The fourth-order valence-electron chi connectivity index (χ4n) is 7.10. The SMILES string of the molecule is O=C(C=Cc1ccc(OCCCCCCOc2c3c(=O)oc(=O)c3c(OCCCCCCOc3ccc(C=CC(=O)c4ccc(F)cc4)cc3)c3c(=O)oc(=O)c23)cc1)c1ccc(F)cc1. The molecular weight excluding hydrogens is 855 g/mol. The zero-order valence-corrected chi connectivity index (χ0v) is 35.7. The van der Waals surface area contributed by atoms with E-state index in [0.717, 1.165) is 36.8 Å². The highest BCUT2D eigenvalue weighted by atomic mass is 19.1. The van der Waals surface area contributed by atoms with Crippen molar-refractivity contribution in [2.45, 2.75) is 51.4 Å². The summed E-state index contributed by atoms with van der Waals surface area (Å²) in [4.78, 5) is 76.3. The Morgan fingerprint density at radius 3 is 1.03 bits per heavy atom. The molecule has 12 nitrogen and oxygen atoms in total. The van der Waals surface area contributed by atoms with Gasteiger partial charge in [-0.05, 0) is 147 Å².